The van der Waals surface area contributed by atoms with E-state index in [2.05, 4.69) is 5.32 Å². The Kier molecular flexibility index (Phi) is 3.76. The molecule has 2 bridgehead atoms. The van der Waals surface area contributed by atoms with Crippen LogP contribution in [0, 0.1) is 17.8 Å². The molecule has 0 aliphatic heterocycles. The Hall–Kier alpha value is -0.570. The molecule has 17 heavy (non-hydrogen) atoms. The second-order valence-electron chi connectivity index (χ2n) is 6.01. The largest absolute Gasteiger partial charge is 0.354 e. The van der Waals surface area contributed by atoms with Crippen molar-refractivity contribution in [1.29, 1.82) is 0 Å². The molecule has 98 valence electrons. The highest BCUT2D eigenvalue weighted by Crippen LogP contribution is 2.47. The van der Waals surface area contributed by atoms with Gasteiger partial charge in [-0.1, -0.05) is 20.3 Å². The van der Waals surface area contributed by atoms with E-state index in [1.807, 2.05) is 13.8 Å². The second kappa shape index (κ2) is 4.97. The van der Waals surface area contributed by atoms with Crippen LogP contribution in [0.15, 0.2) is 0 Å². The molecule has 3 heteroatoms. The Balaban J connectivity index is 1.80. The van der Waals surface area contributed by atoms with Gasteiger partial charge in [-0.05, 0) is 49.9 Å². The summed E-state index contributed by atoms with van der Waals surface area (Å²) in [5.41, 5.74) is 5.43. The zero-order chi connectivity index (χ0) is 12.5. The van der Waals surface area contributed by atoms with Gasteiger partial charge < -0.3 is 11.1 Å². The third-order valence-corrected chi connectivity index (χ3v) is 5.12. The van der Waals surface area contributed by atoms with Gasteiger partial charge in [0, 0.05) is 6.54 Å². The molecule has 3 N–H and O–H groups in total. The summed E-state index contributed by atoms with van der Waals surface area (Å²) in [5, 5.41) is 3.09. The molecule has 0 saturated heterocycles. The standard InChI is InChI=1S/C14H26N2O/c1-3-14(15,4-2)13(17)16-9-12-8-10-5-6-11(12)7-10/h10-12H,3-9,15H2,1-2H3,(H,16,17). The van der Waals surface area contributed by atoms with Gasteiger partial charge in [0.15, 0.2) is 0 Å². The van der Waals surface area contributed by atoms with E-state index in [0.29, 0.717) is 12.8 Å². The second-order valence-corrected chi connectivity index (χ2v) is 6.01. The minimum absolute atomic E-state index is 0.0465. The normalized spacial score (nSPS) is 31.8. The lowest BCUT2D eigenvalue weighted by Crippen LogP contribution is -2.54. The van der Waals surface area contributed by atoms with E-state index >= 15 is 0 Å². The molecule has 0 radical (unpaired) electrons. The number of carbonyl (C=O) groups is 1. The van der Waals surface area contributed by atoms with Gasteiger partial charge in [-0.25, -0.2) is 0 Å². The fraction of sp³-hybridized carbons (Fsp3) is 0.929. The van der Waals surface area contributed by atoms with Gasteiger partial charge in [0.1, 0.15) is 0 Å². The number of rotatable bonds is 5. The molecule has 2 rings (SSSR count). The molecule has 2 saturated carbocycles. The summed E-state index contributed by atoms with van der Waals surface area (Å²) in [7, 11) is 0. The van der Waals surface area contributed by atoms with Crippen molar-refractivity contribution in [3.05, 3.63) is 0 Å². The van der Waals surface area contributed by atoms with E-state index < -0.39 is 5.54 Å². The Morgan fingerprint density at radius 2 is 2.00 bits per heavy atom. The van der Waals surface area contributed by atoms with Gasteiger partial charge in [0.2, 0.25) is 5.91 Å². The summed E-state index contributed by atoms with van der Waals surface area (Å²) in [4.78, 5) is 12.1. The zero-order valence-corrected chi connectivity index (χ0v) is 11.2. The number of hydrogen-bond donors (Lipinski definition) is 2. The van der Waals surface area contributed by atoms with Gasteiger partial charge in [0.25, 0.3) is 0 Å². The number of hydrogen-bond acceptors (Lipinski definition) is 2. The summed E-state index contributed by atoms with van der Waals surface area (Å²) in [6, 6.07) is 0. The maximum Gasteiger partial charge on any atom is 0.240 e. The first-order chi connectivity index (χ1) is 8.09. The van der Waals surface area contributed by atoms with Gasteiger partial charge in [-0.2, -0.15) is 0 Å². The van der Waals surface area contributed by atoms with Crippen LogP contribution >= 0.6 is 0 Å². The molecule has 0 heterocycles. The molecule has 2 aliphatic carbocycles. The predicted octanol–water partition coefficient (Wildman–Crippen LogP) is 2.06. The minimum atomic E-state index is -0.655. The highest BCUT2D eigenvalue weighted by Gasteiger charge is 2.40. The van der Waals surface area contributed by atoms with Gasteiger partial charge in [-0.3, -0.25) is 4.79 Å². The molecule has 2 fully saturated rings. The summed E-state index contributed by atoms with van der Waals surface area (Å²) in [6.07, 6.45) is 6.94. The van der Waals surface area contributed by atoms with Crippen LogP contribution in [-0.2, 0) is 4.79 Å². The molecule has 1 amide bonds. The van der Waals surface area contributed by atoms with Crippen LogP contribution in [0.3, 0.4) is 0 Å². The van der Waals surface area contributed by atoms with Crippen LogP contribution in [0.1, 0.15) is 52.4 Å². The quantitative estimate of drug-likeness (QED) is 0.770. The molecule has 0 aromatic carbocycles. The lowest BCUT2D eigenvalue weighted by Gasteiger charge is -2.28. The van der Waals surface area contributed by atoms with Gasteiger partial charge in [0.05, 0.1) is 5.54 Å². The molecule has 0 spiro atoms. The Labute approximate surface area is 105 Å². The molecule has 3 atom stereocenters. The molecule has 0 aromatic heterocycles. The molecule has 3 nitrogen and oxygen atoms in total. The van der Waals surface area contributed by atoms with Crippen LogP contribution in [-0.4, -0.2) is 18.0 Å². The average Bonchev–Trinajstić information content (AvgIpc) is 2.96. The minimum Gasteiger partial charge on any atom is -0.354 e. The summed E-state index contributed by atoms with van der Waals surface area (Å²) in [6.45, 7) is 4.82. The van der Waals surface area contributed by atoms with Crippen molar-refractivity contribution in [3.63, 3.8) is 0 Å². The maximum atomic E-state index is 12.1. The van der Waals surface area contributed by atoms with Crippen molar-refractivity contribution in [2.75, 3.05) is 6.54 Å². The number of amides is 1. The number of carbonyl (C=O) groups excluding carboxylic acids is 1. The fourth-order valence-corrected chi connectivity index (χ4v) is 3.60. The lowest BCUT2D eigenvalue weighted by molar-refractivity contribution is -0.126. The van der Waals surface area contributed by atoms with Crippen LogP contribution < -0.4 is 11.1 Å². The van der Waals surface area contributed by atoms with E-state index in [1.54, 1.807) is 0 Å². The van der Waals surface area contributed by atoms with Crippen molar-refractivity contribution >= 4 is 5.91 Å². The van der Waals surface area contributed by atoms with Crippen molar-refractivity contribution in [2.24, 2.45) is 23.5 Å². The first kappa shape index (κ1) is 12.9. The van der Waals surface area contributed by atoms with E-state index in [4.69, 9.17) is 5.73 Å². The monoisotopic (exact) mass is 238 g/mol. The topological polar surface area (TPSA) is 55.1 Å². The first-order valence-corrected chi connectivity index (χ1v) is 7.16. The average molecular weight is 238 g/mol. The zero-order valence-electron chi connectivity index (χ0n) is 11.2. The molecule has 3 unspecified atom stereocenters. The molecule has 0 aromatic rings. The Bertz CT molecular complexity index is 286. The Morgan fingerprint density at radius 3 is 2.47 bits per heavy atom. The first-order valence-electron chi connectivity index (χ1n) is 7.16. The van der Waals surface area contributed by atoms with Crippen molar-refractivity contribution in [1.82, 2.24) is 5.32 Å². The Morgan fingerprint density at radius 1 is 1.29 bits per heavy atom. The van der Waals surface area contributed by atoms with Gasteiger partial charge >= 0.3 is 0 Å². The number of fused-ring (bicyclic) bond motifs is 2. The van der Waals surface area contributed by atoms with Crippen LogP contribution in [0.25, 0.3) is 0 Å². The van der Waals surface area contributed by atoms with E-state index in [9.17, 15) is 4.79 Å². The fourth-order valence-electron chi connectivity index (χ4n) is 3.60. The third kappa shape index (κ3) is 2.49. The maximum absolute atomic E-state index is 12.1. The molecule has 2 aliphatic rings. The van der Waals surface area contributed by atoms with E-state index in [0.717, 1.165) is 24.3 Å². The van der Waals surface area contributed by atoms with E-state index in [1.165, 1.54) is 25.7 Å². The van der Waals surface area contributed by atoms with Crippen LogP contribution in [0.4, 0.5) is 0 Å². The predicted molar refractivity (Wildman–Crippen MR) is 69.4 cm³/mol. The molecular weight excluding hydrogens is 212 g/mol. The van der Waals surface area contributed by atoms with Crippen molar-refractivity contribution in [2.45, 2.75) is 57.9 Å². The summed E-state index contributed by atoms with van der Waals surface area (Å²) >= 11 is 0. The summed E-state index contributed by atoms with van der Waals surface area (Å²) < 4.78 is 0. The highest BCUT2D eigenvalue weighted by atomic mass is 16.2. The van der Waals surface area contributed by atoms with Crippen LogP contribution in [0.2, 0.25) is 0 Å². The summed E-state index contributed by atoms with van der Waals surface area (Å²) in [5.74, 6) is 2.58. The van der Waals surface area contributed by atoms with Crippen molar-refractivity contribution in [3.8, 4) is 0 Å². The SMILES string of the molecule is CCC(N)(CC)C(=O)NCC1CC2CCC1C2. The smallest absolute Gasteiger partial charge is 0.240 e. The lowest BCUT2D eigenvalue weighted by atomic mass is 9.88. The van der Waals surface area contributed by atoms with Gasteiger partial charge in [-0.15, -0.1) is 0 Å². The third-order valence-electron chi connectivity index (χ3n) is 5.12. The number of nitrogens with two attached hydrogens (primary N) is 1. The van der Waals surface area contributed by atoms with Crippen LogP contribution in [0.5, 0.6) is 0 Å². The van der Waals surface area contributed by atoms with Crippen molar-refractivity contribution < 1.29 is 4.79 Å². The number of nitrogens with one attached hydrogen (secondary N) is 1. The highest BCUT2D eigenvalue weighted by molar-refractivity contribution is 5.85. The van der Waals surface area contributed by atoms with E-state index in [-0.39, 0.29) is 5.91 Å². The molecular formula is C14H26N2O.